The molecule has 32 heavy (non-hydrogen) atoms. The van der Waals surface area contributed by atoms with Gasteiger partial charge in [0, 0.05) is 28.4 Å². The van der Waals surface area contributed by atoms with E-state index in [2.05, 4.69) is 17.2 Å². The summed E-state index contributed by atoms with van der Waals surface area (Å²) in [7, 11) is 2.63. The van der Waals surface area contributed by atoms with Crippen molar-refractivity contribution < 1.29 is 24.0 Å². The maximum atomic E-state index is 12.6. The summed E-state index contributed by atoms with van der Waals surface area (Å²) >= 11 is 0. The Balaban J connectivity index is 1.79. The van der Waals surface area contributed by atoms with Crippen LogP contribution in [0.4, 0.5) is 11.4 Å². The van der Waals surface area contributed by atoms with Crippen LogP contribution in [-0.4, -0.2) is 31.0 Å². The number of carbonyl (C=O) groups is 2. The topological polar surface area (TPSA) is 108 Å². The lowest BCUT2D eigenvalue weighted by Crippen LogP contribution is -2.12. The number of methoxy groups -OCH3 is 2. The van der Waals surface area contributed by atoms with Crippen LogP contribution in [0, 0.1) is 22.0 Å². The summed E-state index contributed by atoms with van der Waals surface area (Å²) in [6.07, 6.45) is 0. The van der Waals surface area contributed by atoms with Gasteiger partial charge in [-0.3, -0.25) is 14.9 Å². The number of amides is 1. The molecule has 0 bridgehead atoms. The lowest BCUT2D eigenvalue weighted by Gasteiger charge is -2.07. The number of benzene rings is 3. The molecule has 0 aliphatic heterocycles. The summed E-state index contributed by atoms with van der Waals surface area (Å²) in [5, 5.41) is 13.9. The van der Waals surface area contributed by atoms with E-state index in [-0.39, 0.29) is 17.0 Å². The van der Waals surface area contributed by atoms with Crippen LogP contribution >= 0.6 is 0 Å². The van der Waals surface area contributed by atoms with Gasteiger partial charge in [0.2, 0.25) is 0 Å². The van der Waals surface area contributed by atoms with E-state index in [4.69, 9.17) is 9.47 Å². The molecule has 0 aliphatic rings. The zero-order chi connectivity index (χ0) is 23.1. The van der Waals surface area contributed by atoms with Gasteiger partial charge in [0.1, 0.15) is 0 Å². The van der Waals surface area contributed by atoms with E-state index in [9.17, 15) is 19.7 Å². The van der Waals surface area contributed by atoms with E-state index < -0.39 is 16.8 Å². The van der Waals surface area contributed by atoms with E-state index >= 15 is 0 Å². The van der Waals surface area contributed by atoms with Crippen LogP contribution in [0.2, 0.25) is 0 Å². The summed E-state index contributed by atoms with van der Waals surface area (Å²) in [4.78, 5) is 34.8. The Morgan fingerprint density at radius 2 is 1.59 bits per heavy atom. The van der Waals surface area contributed by atoms with Crippen molar-refractivity contribution in [3.63, 3.8) is 0 Å². The zero-order valence-electron chi connectivity index (χ0n) is 17.2. The Hall–Kier alpha value is -4.64. The van der Waals surface area contributed by atoms with Gasteiger partial charge in [-0.15, -0.1) is 0 Å². The van der Waals surface area contributed by atoms with E-state index in [1.54, 1.807) is 48.5 Å². The number of hydrogen-bond donors (Lipinski definition) is 1. The van der Waals surface area contributed by atoms with Crippen molar-refractivity contribution in [2.75, 3.05) is 19.5 Å². The van der Waals surface area contributed by atoms with Crippen LogP contribution in [0.3, 0.4) is 0 Å². The highest BCUT2D eigenvalue weighted by Gasteiger charge is 2.18. The first-order valence-corrected chi connectivity index (χ1v) is 9.35. The van der Waals surface area contributed by atoms with E-state index in [1.165, 1.54) is 26.4 Å². The Bertz CT molecular complexity index is 1260. The summed E-state index contributed by atoms with van der Waals surface area (Å²) in [5.74, 6) is 5.06. The van der Waals surface area contributed by atoms with Crippen LogP contribution in [0.1, 0.15) is 31.8 Å². The van der Waals surface area contributed by atoms with Gasteiger partial charge < -0.3 is 14.8 Å². The fourth-order valence-electron chi connectivity index (χ4n) is 2.84. The highest BCUT2D eigenvalue weighted by molar-refractivity contribution is 6.05. The number of rotatable bonds is 5. The smallest absolute Gasteiger partial charge is 0.337 e. The lowest BCUT2D eigenvalue weighted by molar-refractivity contribution is -0.385. The molecule has 0 saturated heterocycles. The minimum absolute atomic E-state index is 0.0695. The third kappa shape index (κ3) is 5.29. The number of ether oxygens (including phenoxy) is 2. The second-order valence-electron chi connectivity index (χ2n) is 6.50. The minimum atomic E-state index is -0.610. The Labute approximate surface area is 183 Å². The van der Waals surface area contributed by atoms with Gasteiger partial charge >= 0.3 is 11.7 Å². The maximum Gasteiger partial charge on any atom is 0.337 e. The molecular formula is C24H18N2O6. The quantitative estimate of drug-likeness (QED) is 0.283. The molecule has 3 aromatic rings. The number of carbonyl (C=O) groups excluding carboxylic acids is 2. The molecule has 8 heteroatoms. The molecule has 8 nitrogen and oxygen atoms in total. The lowest BCUT2D eigenvalue weighted by atomic mass is 10.1. The average Bonchev–Trinajstić information content (AvgIpc) is 2.82. The highest BCUT2D eigenvalue weighted by atomic mass is 16.6. The number of anilines is 1. The van der Waals surface area contributed by atoms with Crippen LogP contribution in [0.5, 0.6) is 5.75 Å². The van der Waals surface area contributed by atoms with Crippen LogP contribution < -0.4 is 10.1 Å². The van der Waals surface area contributed by atoms with E-state index in [1.807, 2.05) is 0 Å². The normalized spacial score (nSPS) is 9.81. The van der Waals surface area contributed by atoms with Crippen molar-refractivity contribution in [2.45, 2.75) is 0 Å². The van der Waals surface area contributed by atoms with Gasteiger partial charge in [0.05, 0.1) is 24.7 Å². The molecule has 0 unspecified atom stereocenters. The van der Waals surface area contributed by atoms with Crippen LogP contribution in [0.15, 0.2) is 66.7 Å². The number of nitrogens with zero attached hydrogens (tertiary/aromatic N) is 1. The van der Waals surface area contributed by atoms with Gasteiger partial charge in [-0.2, -0.15) is 0 Å². The molecule has 0 fully saturated rings. The number of esters is 1. The largest absolute Gasteiger partial charge is 0.490 e. The fourth-order valence-corrected chi connectivity index (χ4v) is 2.84. The molecule has 3 rings (SSSR count). The molecule has 3 aromatic carbocycles. The van der Waals surface area contributed by atoms with Crippen molar-refractivity contribution in [3.8, 4) is 17.6 Å². The van der Waals surface area contributed by atoms with Crippen LogP contribution in [0.25, 0.3) is 0 Å². The number of nitro groups is 1. The molecule has 0 aromatic heterocycles. The predicted molar refractivity (Wildman–Crippen MR) is 118 cm³/mol. The van der Waals surface area contributed by atoms with Crippen molar-refractivity contribution in [1.82, 2.24) is 0 Å². The average molecular weight is 430 g/mol. The summed E-state index contributed by atoms with van der Waals surface area (Å²) in [5.41, 5.74) is 1.96. The van der Waals surface area contributed by atoms with Gasteiger partial charge in [0.25, 0.3) is 5.91 Å². The molecule has 1 N–H and O–H groups in total. The highest BCUT2D eigenvalue weighted by Crippen LogP contribution is 2.27. The first kappa shape index (κ1) is 22.1. The molecule has 0 atom stereocenters. The molecule has 0 saturated carbocycles. The first-order valence-electron chi connectivity index (χ1n) is 9.35. The van der Waals surface area contributed by atoms with E-state index in [0.717, 1.165) is 6.07 Å². The van der Waals surface area contributed by atoms with Crippen molar-refractivity contribution in [1.29, 1.82) is 0 Å². The Morgan fingerprint density at radius 1 is 0.906 bits per heavy atom. The third-order valence-corrected chi connectivity index (χ3v) is 4.39. The number of nitrogens with one attached hydrogen (secondary N) is 1. The molecule has 0 aliphatic carbocycles. The second-order valence-corrected chi connectivity index (χ2v) is 6.50. The monoisotopic (exact) mass is 430 g/mol. The molecule has 0 heterocycles. The molecule has 1 amide bonds. The molecule has 0 radical (unpaired) electrons. The third-order valence-electron chi connectivity index (χ3n) is 4.39. The van der Waals surface area contributed by atoms with Gasteiger partial charge in [-0.25, -0.2) is 4.79 Å². The van der Waals surface area contributed by atoms with Crippen molar-refractivity contribution in [2.24, 2.45) is 0 Å². The number of nitro benzene ring substituents is 1. The van der Waals surface area contributed by atoms with Gasteiger partial charge in [0.15, 0.2) is 5.75 Å². The predicted octanol–water partition coefficient (Wildman–Crippen LogP) is 4.04. The SMILES string of the molecule is COC(=O)c1cccc(C#Cc2cccc(NC(=O)c3ccc(OC)c([N+](=O)[O-])c3)c2)c1. The number of hydrogen-bond acceptors (Lipinski definition) is 6. The summed E-state index contributed by atoms with van der Waals surface area (Å²) in [6.45, 7) is 0. The molecule has 0 spiro atoms. The minimum Gasteiger partial charge on any atom is -0.490 e. The standard InChI is InChI=1S/C24H18N2O6/c1-31-22-12-11-18(15-21(22)26(29)30)23(27)25-20-8-4-6-17(14-20)10-9-16-5-3-7-19(13-16)24(28)32-2/h3-8,11-15H,1-2H3,(H,25,27). The van der Waals surface area contributed by atoms with Crippen LogP contribution in [-0.2, 0) is 4.74 Å². The summed E-state index contributed by atoms with van der Waals surface area (Å²) < 4.78 is 9.66. The first-order chi connectivity index (χ1) is 15.4. The Kier molecular flexibility index (Phi) is 6.83. The van der Waals surface area contributed by atoms with Gasteiger partial charge in [-0.05, 0) is 48.5 Å². The zero-order valence-corrected chi connectivity index (χ0v) is 17.2. The molecule has 160 valence electrons. The van der Waals surface area contributed by atoms with Crippen molar-refractivity contribution in [3.05, 3.63) is 99.1 Å². The summed E-state index contributed by atoms with van der Waals surface area (Å²) in [6, 6.07) is 17.6. The van der Waals surface area contributed by atoms with E-state index in [0.29, 0.717) is 22.4 Å². The second kappa shape index (κ2) is 9.91. The van der Waals surface area contributed by atoms with Crippen molar-refractivity contribution >= 4 is 23.3 Å². The maximum absolute atomic E-state index is 12.6. The van der Waals surface area contributed by atoms with Gasteiger partial charge in [-0.1, -0.05) is 24.0 Å². The molecular weight excluding hydrogens is 412 g/mol. The fraction of sp³-hybridized carbons (Fsp3) is 0.0833. The Morgan fingerprint density at radius 3 is 2.25 bits per heavy atom.